The van der Waals surface area contributed by atoms with E-state index in [1.54, 1.807) is 0 Å². The number of carbonyl (C=O) groups excluding carboxylic acids is 1. The predicted molar refractivity (Wildman–Crippen MR) is 127 cm³/mol. The normalized spacial score (nSPS) is 10.7. The van der Waals surface area contributed by atoms with Gasteiger partial charge in [-0.3, -0.25) is 9.36 Å². The van der Waals surface area contributed by atoms with E-state index < -0.39 is 0 Å². The van der Waals surface area contributed by atoms with E-state index in [4.69, 9.17) is 4.74 Å². The van der Waals surface area contributed by atoms with Gasteiger partial charge in [-0.05, 0) is 48.9 Å². The number of amides is 1. The van der Waals surface area contributed by atoms with Crippen LogP contribution in [0.2, 0.25) is 0 Å². The largest absolute Gasteiger partial charge is 0.486 e. The summed E-state index contributed by atoms with van der Waals surface area (Å²) in [7, 11) is 0. The summed E-state index contributed by atoms with van der Waals surface area (Å²) < 4.78 is 20.9. The molecule has 1 heterocycles. The molecule has 0 saturated carbocycles. The summed E-state index contributed by atoms with van der Waals surface area (Å²) in [5.74, 6) is 1.00. The Morgan fingerprint density at radius 2 is 1.73 bits per heavy atom. The standard InChI is InChI=1S/C25H23FN4O2S/c1-18-7-13-22(14-8-18)32-16-23-28-29-25(30(23)15-19-5-3-2-4-6-19)33-17-24(31)27-21-11-9-20(26)10-12-21/h2-14H,15-17H2,1H3,(H,27,31). The molecule has 1 amide bonds. The topological polar surface area (TPSA) is 69.0 Å². The Morgan fingerprint density at radius 1 is 1.00 bits per heavy atom. The van der Waals surface area contributed by atoms with Crippen LogP contribution in [-0.2, 0) is 17.9 Å². The van der Waals surface area contributed by atoms with Crippen LogP contribution in [0.1, 0.15) is 17.0 Å². The van der Waals surface area contributed by atoms with E-state index >= 15 is 0 Å². The zero-order valence-corrected chi connectivity index (χ0v) is 18.9. The molecular formula is C25H23FN4O2S. The Bertz CT molecular complexity index is 1200. The van der Waals surface area contributed by atoms with Gasteiger partial charge in [0.15, 0.2) is 11.0 Å². The molecule has 0 unspecified atom stereocenters. The SMILES string of the molecule is Cc1ccc(OCc2nnc(SCC(=O)Nc3ccc(F)cc3)n2Cc2ccccc2)cc1. The lowest BCUT2D eigenvalue weighted by molar-refractivity contribution is -0.113. The van der Waals surface area contributed by atoms with Gasteiger partial charge in [-0.15, -0.1) is 10.2 Å². The molecular weight excluding hydrogens is 439 g/mol. The van der Waals surface area contributed by atoms with Crippen LogP contribution in [0.3, 0.4) is 0 Å². The molecule has 4 rings (SSSR count). The minimum atomic E-state index is -0.350. The van der Waals surface area contributed by atoms with Crippen LogP contribution < -0.4 is 10.1 Å². The Labute approximate surface area is 195 Å². The van der Waals surface area contributed by atoms with E-state index in [9.17, 15) is 9.18 Å². The summed E-state index contributed by atoms with van der Waals surface area (Å²) >= 11 is 1.29. The van der Waals surface area contributed by atoms with Crippen molar-refractivity contribution in [3.05, 3.63) is 102 Å². The number of thioether (sulfide) groups is 1. The molecule has 168 valence electrons. The number of aromatic nitrogens is 3. The minimum Gasteiger partial charge on any atom is -0.486 e. The van der Waals surface area contributed by atoms with E-state index in [0.29, 0.717) is 23.2 Å². The molecule has 0 spiro atoms. The molecule has 8 heteroatoms. The molecule has 6 nitrogen and oxygen atoms in total. The first kappa shape index (κ1) is 22.5. The van der Waals surface area contributed by atoms with Crippen LogP contribution in [0.25, 0.3) is 0 Å². The monoisotopic (exact) mass is 462 g/mol. The zero-order valence-electron chi connectivity index (χ0n) is 18.1. The minimum absolute atomic E-state index is 0.142. The highest BCUT2D eigenvalue weighted by atomic mass is 32.2. The Morgan fingerprint density at radius 3 is 2.45 bits per heavy atom. The maximum absolute atomic E-state index is 13.1. The molecule has 0 saturated heterocycles. The second-order valence-corrected chi connectivity index (χ2v) is 8.36. The number of aryl methyl sites for hydroxylation is 1. The maximum atomic E-state index is 13.1. The third-order valence-corrected chi connectivity index (χ3v) is 5.79. The van der Waals surface area contributed by atoms with Crippen molar-refractivity contribution in [1.82, 2.24) is 14.8 Å². The third-order valence-electron chi connectivity index (χ3n) is 4.83. The van der Waals surface area contributed by atoms with Gasteiger partial charge in [-0.25, -0.2) is 4.39 Å². The van der Waals surface area contributed by atoms with Crippen molar-refractivity contribution >= 4 is 23.4 Å². The Kier molecular flexibility index (Phi) is 7.36. The Balaban J connectivity index is 1.45. The molecule has 0 fully saturated rings. The molecule has 3 aromatic carbocycles. The summed E-state index contributed by atoms with van der Waals surface area (Å²) in [6.45, 7) is 2.84. The number of carbonyl (C=O) groups is 1. The van der Waals surface area contributed by atoms with Gasteiger partial charge in [0.1, 0.15) is 18.2 Å². The zero-order chi connectivity index (χ0) is 23.0. The summed E-state index contributed by atoms with van der Waals surface area (Å²) in [5.41, 5.74) is 2.79. The van der Waals surface area contributed by atoms with Gasteiger partial charge in [0.25, 0.3) is 0 Å². The maximum Gasteiger partial charge on any atom is 0.234 e. The number of hydrogen-bond acceptors (Lipinski definition) is 5. The van der Waals surface area contributed by atoms with E-state index in [2.05, 4.69) is 15.5 Å². The number of benzene rings is 3. The van der Waals surface area contributed by atoms with Gasteiger partial charge in [0.2, 0.25) is 5.91 Å². The van der Waals surface area contributed by atoms with E-state index in [1.165, 1.54) is 36.0 Å². The second-order valence-electron chi connectivity index (χ2n) is 7.42. The molecule has 0 aliphatic rings. The fourth-order valence-electron chi connectivity index (χ4n) is 3.10. The number of nitrogens with one attached hydrogen (secondary N) is 1. The van der Waals surface area contributed by atoms with Crippen molar-refractivity contribution in [2.75, 3.05) is 11.1 Å². The van der Waals surface area contributed by atoms with Crippen LogP contribution in [0.15, 0.2) is 84.0 Å². The quantitative estimate of drug-likeness (QED) is 0.351. The molecule has 0 atom stereocenters. The number of halogens is 1. The van der Waals surface area contributed by atoms with Gasteiger partial charge in [-0.2, -0.15) is 0 Å². The molecule has 4 aromatic rings. The van der Waals surface area contributed by atoms with Crippen molar-refractivity contribution in [3.63, 3.8) is 0 Å². The van der Waals surface area contributed by atoms with Crippen LogP contribution in [-0.4, -0.2) is 26.4 Å². The molecule has 1 aromatic heterocycles. The lowest BCUT2D eigenvalue weighted by atomic mass is 10.2. The van der Waals surface area contributed by atoms with Gasteiger partial charge < -0.3 is 10.1 Å². The first-order chi connectivity index (χ1) is 16.1. The summed E-state index contributed by atoms with van der Waals surface area (Å²) in [4.78, 5) is 12.4. The van der Waals surface area contributed by atoms with Gasteiger partial charge in [0, 0.05) is 5.69 Å². The highest BCUT2D eigenvalue weighted by molar-refractivity contribution is 7.99. The van der Waals surface area contributed by atoms with Crippen molar-refractivity contribution in [3.8, 4) is 5.75 Å². The van der Waals surface area contributed by atoms with Gasteiger partial charge in [-0.1, -0.05) is 59.8 Å². The molecule has 1 N–H and O–H groups in total. The van der Waals surface area contributed by atoms with E-state index in [-0.39, 0.29) is 24.1 Å². The molecule has 0 aliphatic heterocycles. The second kappa shape index (κ2) is 10.8. The van der Waals surface area contributed by atoms with Crippen molar-refractivity contribution < 1.29 is 13.9 Å². The number of nitrogens with zero attached hydrogens (tertiary/aromatic N) is 3. The van der Waals surface area contributed by atoms with Crippen molar-refractivity contribution in [2.45, 2.75) is 25.2 Å². The summed E-state index contributed by atoms with van der Waals surface area (Å²) in [6, 6.07) is 23.5. The first-order valence-corrected chi connectivity index (χ1v) is 11.4. The van der Waals surface area contributed by atoms with Crippen molar-refractivity contribution in [1.29, 1.82) is 0 Å². The number of ether oxygens (including phenoxy) is 1. The van der Waals surface area contributed by atoms with Gasteiger partial charge in [0.05, 0.1) is 12.3 Å². The molecule has 33 heavy (non-hydrogen) atoms. The summed E-state index contributed by atoms with van der Waals surface area (Å²) in [5, 5.41) is 12.0. The molecule has 0 aliphatic carbocycles. The number of anilines is 1. The van der Waals surface area contributed by atoms with Crippen LogP contribution in [0, 0.1) is 12.7 Å². The lowest BCUT2D eigenvalue weighted by Crippen LogP contribution is -2.15. The van der Waals surface area contributed by atoms with Crippen molar-refractivity contribution in [2.24, 2.45) is 0 Å². The fourth-order valence-corrected chi connectivity index (χ4v) is 3.86. The average Bonchev–Trinajstić information content (AvgIpc) is 3.21. The predicted octanol–water partition coefficient (Wildman–Crippen LogP) is 5.08. The number of hydrogen-bond donors (Lipinski definition) is 1. The first-order valence-electron chi connectivity index (χ1n) is 10.4. The highest BCUT2D eigenvalue weighted by Gasteiger charge is 2.15. The summed E-state index contributed by atoms with van der Waals surface area (Å²) in [6.07, 6.45) is 0. The fraction of sp³-hybridized carbons (Fsp3) is 0.160. The van der Waals surface area contributed by atoms with Crippen LogP contribution in [0.5, 0.6) is 5.75 Å². The average molecular weight is 463 g/mol. The van der Waals surface area contributed by atoms with Crippen LogP contribution in [0.4, 0.5) is 10.1 Å². The van der Waals surface area contributed by atoms with Gasteiger partial charge >= 0.3 is 0 Å². The molecule has 0 radical (unpaired) electrons. The Hall–Kier alpha value is -3.65. The van der Waals surface area contributed by atoms with E-state index in [0.717, 1.165) is 16.9 Å². The highest BCUT2D eigenvalue weighted by Crippen LogP contribution is 2.21. The smallest absolute Gasteiger partial charge is 0.234 e. The number of rotatable bonds is 9. The van der Waals surface area contributed by atoms with E-state index in [1.807, 2.05) is 66.1 Å². The van der Waals surface area contributed by atoms with Crippen LogP contribution >= 0.6 is 11.8 Å². The lowest BCUT2D eigenvalue weighted by Gasteiger charge is -2.11. The third kappa shape index (κ3) is 6.43. The molecule has 0 bridgehead atoms.